The Kier molecular flexibility index (Phi) is 3.22. The Morgan fingerprint density at radius 3 is 1.91 bits per heavy atom. The Bertz CT molecular complexity index is 119. The van der Waals surface area contributed by atoms with Crippen LogP contribution in [-0.4, -0.2) is 18.7 Å². The first-order valence-electron chi connectivity index (χ1n) is 2.65. The van der Waals surface area contributed by atoms with E-state index < -0.39 is 18.7 Å². The Balaban J connectivity index is 4.00. The van der Waals surface area contributed by atoms with Crippen LogP contribution in [0.1, 0.15) is 6.92 Å². The van der Waals surface area contributed by atoms with Crippen LogP contribution in [-0.2, 0) is 4.74 Å². The molecule has 6 heteroatoms. The van der Waals surface area contributed by atoms with Gasteiger partial charge in [-0.3, -0.25) is 0 Å². The molecule has 1 radical (unpaired) electrons. The highest BCUT2D eigenvalue weighted by molar-refractivity contribution is 4.75. The van der Waals surface area contributed by atoms with Crippen molar-refractivity contribution in [1.82, 2.24) is 0 Å². The second-order valence-electron chi connectivity index (χ2n) is 1.75. The fraction of sp³-hybridized carbons (Fsp3) is 0.800. The number of hydrogen-bond donors (Lipinski definition) is 0. The second-order valence-corrected chi connectivity index (χ2v) is 1.75. The molecule has 1 nitrogen and oxygen atoms in total. The highest BCUT2D eigenvalue weighted by atomic mass is 19.4. The summed E-state index contributed by atoms with van der Waals surface area (Å²) in [5, 5.41) is 0. The van der Waals surface area contributed by atoms with E-state index in [0.717, 1.165) is 6.61 Å². The number of ether oxygens (including phenoxy) is 1. The molecular formula is C5H6F5O. The number of rotatable bonds is 3. The highest BCUT2D eigenvalue weighted by Gasteiger charge is 2.57. The Morgan fingerprint density at radius 1 is 1.18 bits per heavy atom. The molecule has 0 saturated heterocycles. The lowest BCUT2D eigenvalue weighted by Gasteiger charge is -2.18. The molecule has 0 amide bonds. The lowest BCUT2D eigenvalue weighted by atomic mass is 10.3. The van der Waals surface area contributed by atoms with E-state index in [9.17, 15) is 22.0 Å². The Hall–Kier alpha value is -0.390. The van der Waals surface area contributed by atoms with Crippen molar-refractivity contribution < 1.29 is 26.7 Å². The molecule has 0 rings (SSSR count). The molecule has 0 aliphatic heterocycles. The van der Waals surface area contributed by atoms with Gasteiger partial charge in [0, 0.05) is 0 Å². The van der Waals surface area contributed by atoms with Gasteiger partial charge in [-0.1, -0.05) is 0 Å². The van der Waals surface area contributed by atoms with Gasteiger partial charge in [0.15, 0.2) is 0 Å². The molecule has 0 aliphatic carbocycles. The summed E-state index contributed by atoms with van der Waals surface area (Å²) in [5.74, 6) is -4.76. The van der Waals surface area contributed by atoms with E-state index in [1.54, 1.807) is 0 Å². The van der Waals surface area contributed by atoms with Gasteiger partial charge in [-0.15, -0.1) is 0 Å². The molecule has 0 unspecified atom stereocenters. The van der Waals surface area contributed by atoms with Crippen molar-refractivity contribution in [3.05, 3.63) is 6.61 Å². The fourth-order valence-corrected chi connectivity index (χ4v) is 0.270. The predicted octanol–water partition coefficient (Wildman–Crippen LogP) is 2.38. The van der Waals surface area contributed by atoms with Gasteiger partial charge < -0.3 is 4.74 Å². The zero-order valence-corrected chi connectivity index (χ0v) is 5.58. The van der Waals surface area contributed by atoms with Gasteiger partial charge in [0.05, 0.1) is 6.61 Å². The molecule has 0 heterocycles. The number of hydrogen-bond acceptors (Lipinski definition) is 1. The van der Waals surface area contributed by atoms with E-state index in [4.69, 9.17) is 0 Å². The van der Waals surface area contributed by atoms with Crippen molar-refractivity contribution >= 4 is 0 Å². The molecule has 0 aliphatic rings. The van der Waals surface area contributed by atoms with Gasteiger partial charge >= 0.3 is 12.1 Å². The average molecular weight is 177 g/mol. The van der Waals surface area contributed by atoms with E-state index in [-0.39, 0.29) is 0 Å². The largest absolute Gasteiger partial charge is 0.455 e. The molecule has 0 saturated carbocycles. The maximum absolute atomic E-state index is 11.8. The molecule has 0 N–H and O–H groups in total. The number of alkyl halides is 5. The summed E-state index contributed by atoms with van der Waals surface area (Å²) < 4.78 is 61.5. The van der Waals surface area contributed by atoms with Crippen molar-refractivity contribution in [2.75, 3.05) is 6.61 Å². The summed E-state index contributed by atoms with van der Waals surface area (Å²) in [6.07, 6.45) is -5.53. The van der Waals surface area contributed by atoms with Crippen molar-refractivity contribution in [3.8, 4) is 0 Å². The first-order valence-corrected chi connectivity index (χ1v) is 2.65. The smallest absolute Gasteiger partial charge is 0.369 e. The maximum Gasteiger partial charge on any atom is 0.455 e. The van der Waals surface area contributed by atoms with Crippen LogP contribution in [0.15, 0.2) is 0 Å². The van der Waals surface area contributed by atoms with Gasteiger partial charge in [-0.05, 0) is 6.92 Å². The van der Waals surface area contributed by atoms with Crippen LogP contribution in [0.25, 0.3) is 0 Å². The van der Waals surface area contributed by atoms with Gasteiger partial charge in [0.25, 0.3) is 0 Å². The van der Waals surface area contributed by atoms with Crippen LogP contribution in [0.5, 0.6) is 0 Å². The van der Waals surface area contributed by atoms with Crippen molar-refractivity contribution in [2.24, 2.45) is 0 Å². The van der Waals surface area contributed by atoms with Crippen LogP contribution in [0.2, 0.25) is 0 Å². The van der Waals surface area contributed by atoms with E-state index in [2.05, 4.69) is 4.74 Å². The molecule has 11 heavy (non-hydrogen) atoms. The zero-order valence-electron chi connectivity index (χ0n) is 5.58. The average Bonchev–Trinajstić information content (AvgIpc) is 1.81. The van der Waals surface area contributed by atoms with Gasteiger partial charge in [0.2, 0.25) is 0 Å². The molecular weight excluding hydrogens is 171 g/mol. The third kappa shape index (κ3) is 3.00. The molecule has 0 aromatic carbocycles. The topological polar surface area (TPSA) is 9.23 Å². The maximum atomic E-state index is 11.8. The second kappa shape index (κ2) is 3.34. The monoisotopic (exact) mass is 177 g/mol. The molecule has 67 valence electrons. The minimum absolute atomic E-state index is 0.777. The summed E-state index contributed by atoms with van der Waals surface area (Å²) in [6.45, 7) is 0.332. The third-order valence-electron chi connectivity index (χ3n) is 0.846. The van der Waals surface area contributed by atoms with E-state index in [1.165, 1.54) is 6.92 Å². The summed E-state index contributed by atoms with van der Waals surface area (Å²) in [5.41, 5.74) is 0. The van der Waals surface area contributed by atoms with Gasteiger partial charge in [0.1, 0.15) is 6.61 Å². The summed E-state index contributed by atoms with van der Waals surface area (Å²) in [7, 11) is 0. The lowest BCUT2D eigenvalue weighted by Crippen LogP contribution is -2.40. The van der Waals surface area contributed by atoms with Crippen LogP contribution < -0.4 is 0 Å². The van der Waals surface area contributed by atoms with Gasteiger partial charge in [-0.2, -0.15) is 22.0 Å². The van der Waals surface area contributed by atoms with Crippen LogP contribution in [0.3, 0.4) is 0 Å². The molecule has 0 bridgehead atoms. The number of halogens is 5. The zero-order chi connectivity index (χ0) is 9.12. The Morgan fingerprint density at radius 2 is 1.64 bits per heavy atom. The molecule has 0 atom stereocenters. The molecule has 0 fully saturated rings. The van der Waals surface area contributed by atoms with Crippen molar-refractivity contribution in [1.29, 1.82) is 0 Å². The third-order valence-corrected chi connectivity index (χ3v) is 0.846. The fourth-order valence-electron chi connectivity index (χ4n) is 0.270. The molecule has 0 spiro atoms. The van der Waals surface area contributed by atoms with E-state index in [0.29, 0.717) is 0 Å². The van der Waals surface area contributed by atoms with Crippen molar-refractivity contribution in [2.45, 2.75) is 19.0 Å². The highest BCUT2D eigenvalue weighted by Crippen LogP contribution is 2.35. The summed E-state index contributed by atoms with van der Waals surface area (Å²) >= 11 is 0. The van der Waals surface area contributed by atoms with Gasteiger partial charge in [-0.25, -0.2) is 0 Å². The van der Waals surface area contributed by atoms with Crippen LogP contribution >= 0.6 is 0 Å². The molecule has 0 aromatic rings. The Labute approximate surface area is 60.1 Å². The summed E-state index contributed by atoms with van der Waals surface area (Å²) in [6, 6.07) is 0. The van der Waals surface area contributed by atoms with Crippen LogP contribution in [0, 0.1) is 6.61 Å². The van der Waals surface area contributed by atoms with Crippen LogP contribution in [0.4, 0.5) is 22.0 Å². The first-order chi connectivity index (χ1) is 4.81. The minimum Gasteiger partial charge on any atom is -0.369 e. The van der Waals surface area contributed by atoms with Crippen molar-refractivity contribution in [3.63, 3.8) is 0 Å². The van der Waals surface area contributed by atoms with E-state index >= 15 is 0 Å². The summed E-state index contributed by atoms with van der Waals surface area (Å²) in [4.78, 5) is 0. The van der Waals surface area contributed by atoms with E-state index in [1.807, 2.05) is 0 Å². The first kappa shape index (κ1) is 10.6. The predicted molar refractivity (Wildman–Crippen MR) is 26.9 cm³/mol. The normalized spacial score (nSPS) is 13.6. The lowest BCUT2D eigenvalue weighted by molar-refractivity contribution is -0.294. The molecule has 0 aromatic heterocycles. The standard InChI is InChI=1S/C5H6F5O/c1-2-11-3-4(6,7)5(8,9)10/h2H,3H2,1H3. The minimum atomic E-state index is -5.53. The SMILES string of the molecule is C[CH]OCC(F)(F)C(F)(F)F. The quantitative estimate of drug-likeness (QED) is 0.601.